The fourth-order valence-electron chi connectivity index (χ4n) is 3.33. The molecule has 30 heavy (non-hydrogen) atoms. The van der Waals surface area contributed by atoms with E-state index < -0.39 is 17.8 Å². The Hall–Kier alpha value is -4.11. The van der Waals surface area contributed by atoms with Crippen LogP contribution in [0, 0.1) is 18.2 Å². The summed E-state index contributed by atoms with van der Waals surface area (Å²) in [5.74, 6) is 1.89. The second kappa shape index (κ2) is 8.10. The van der Waals surface area contributed by atoms with Crippen molar-refractivity contribution >= 4 is 28.8 Å². The number of terminal acetylenes is 1. The molecule has 1 heterocycles. The van der Waals surface area contributed by atoms with Gasteiger partial charge in [0, 0.05) is 11.1 Å². The largest absolute Gasteiger partial charge is 0.480 e. The summed E-state index contributed by atoms with van der Waals surface area (Å²) in [5, 5.41) is 4.35. The van der Waals surface area contributed by atoms with Gasteiger partial charge in [0.2, 0.25) is 0 Å². The molecule has 0 aromatic heterocycles. The Morgan fingerprint density at radius 2 is 1.83 bits per heavy atom. The molecular formula is C24H17FN2O3. The standard InChI is InChI=1S/C24H17FN2O3/c1-2-13-30-22-12-11-16-7-3-5-9-18(16)19(22)14-21-23(28)27(24(29)26-21)15-17-8-4-6-10-20(17)25/h1,3-12,14H,13,15H2,(H,26,29)/b21-14-. The predicted molar refractivity (Wildman–Crippen MR) is 112 cm³/mol. The zero-order chi connectivity index (χ0) is 21.1. The molecule has 0 radical (unpaired) electrons. The van der Waals surface area contributed by atoms with Gasteiger partial charge in [-0.05, 0) is 29.0 Å². The van der Waals surface area contributed by atoms with E-state index in [1.54, 1.807) is 24.3 Å². The first-order valence-corrected chi connectivity index (χ1v) is 9.24. The molecule has 1 aliphatic rings. The summed E-state index contributed by atoms with van der Waals surface area (Å²) in [6.45, 7) is -0.0983. The number of nitrogens with zero attached hydrogens (tertiary/aromatic N) is 1. The number of fused-ring (bicyclic) bond motifs is 1. The minimum Gasteiger partial charge on any atom is -0.480 e. The molecule has 5 nitrogen and oxygen atoms in total. The van der Waals surface area contributed by atoms with E-state index in [0.717, 1.165) is 15.7 Å². The molecule has 0 atom stereocenters. The molecule has 1 N–H and O–H groups in total. The summed E-state index contributed by atoms with van der Waals surface area (Å²) in [5.41, 5.74) is 0.962. The second-order valence-electron chi connectivity index (χ2n) is 6.66. The highest BCUT2D eigenvalue weighted by atomic mass is 19.1. The van der Waals surface area contributed by atoms with Crippen molar-refractivity contribution in [1.29, 1.82) is 0 Å². The highest BCUT2D eigenvalue weighted by molar-refractivity contribution is 6.14. The molecule has 3 amide bonds. The van der Waals surface area contributed by atoms with Crippen LogP contribution in [0.15, 0.2) is 66.4 Å². The van der Waals surface area contributed by atoms with Gasteiger partial charge in [-0.25, -0.2) is 9.18 Å². The number of amides is 3. The van der Waals surface area contributed by atoms with Crippen molar-refractivity contribution in [3.05, 3.63) is 83.3 Å². The highest BCUT2D eigenvalue weighted by Gasteiger charge is 2.34. The zero-order valence-electron chi connectivity index (χ0n) is 15.9. The lowest BCUT2D eigenvalue weighted by Crippen LogP contribution is -2.30. The van der Waals surface area contributed by atoms with Crippen LogP contribution in [0.25, 0.3) is 16.8 Å². The van der Waals surface area contributed by atoms with Gasteiger partial charge in [0.25, 0.3) is 5.91 Å². The topological polar surface area (TPSA) is 58.6 Å². The molecule has 3 aromatic carbocycles. The Morgan fingerprint density at radius 3 is 2.63 bits per heavy atom. The van der Waals surface area contributed by atoms with E-state index in [2.05, 4.69) is 11.2 Å². The van der Waals surface area contributed by atoms with Crippen LogP contribution in [0.3, 0.4) is 0 Å². The first-order chi connectivity index (χ1) is 14.6. The minimum atomic E-state index is -0.610. The Balaban J connectivity index is 1.72. The van der Waals surface area contributed by atoms with Gasteiger partial charge in [0.1, 0.15) is 23.9 Å². The summed E-state index contributed by atoms with van der Waals surface area (Å²) < 4.78 is 19.6. The first kappa shape index (κ1) is 19.2. The van der Waals surface area contributed by atoms with Gasteiger partial charge in [0.05, 0.1) is 6.54 Å². The molecule has 0 aliphatic carbocycles. The van der Waals surface area contributed by atoms with Crippen LogP contribution in [0.5, 0.6) is 5.75 Å². The maximum atomic E-state index is 14.0. The number of nitrogens with one attached hydrogen (secondary N) is 1. The van der Waals surface area contributed by atoms with E-state index >= 15 is 0 Å². The molecule has 0 saturated carbocycles. The van der Waals surface area contributed by atoms with E-state index in [1.807, 2.05) is 30.3 Å². The minimum absolute atomic E-state index is 0.0637. The van der Waals surface area contributed by atoms with Gasteiger partial charge >= 0.3 is 6.03 Å². The number of imide groups is 1. The average Bonchev–Trinajstić information content (AvgIpc) is 3.02. The highest BCUT2D eigenvalue weighted by Crippen LogP contribution is 2.31. The number of rotatable bonds is 5. The molecule has 4 rings (SSSR count). The van der Waals surface area contributed by atoms with Gasteiger partial charge in [-0.3, -0.25) is 9.69 Å². The maximum absolute atomic E-state index is 14.0. The third-order valence-electron chi connectivity index (χ3n) is 4.78. The smallest absolute Gasteiger partial charge is 0.329 e. The fraction of sp³-hybridized carbons (Fsp3) is 0.0833. The monoisotopic (exact) mass is 400 g/mol. The van der Waals surface area contributed by atoms with Crippen molar-refractivity contribution in [2.24, 2.45) is 0 Å². The molecule has 3 aromatic rings. The fourth-order valence-corrected chi connectivity index (χ4v) is 3.33. The molecule has 0 bridgehead atoms. The molecule has 0 unspecified atom stereocenters. The third kappa shape index (κ3) is 3.61. The van der Waals surface area contributed by atoms with Crippen LogP contribution in [-0.2, 0) is 11.3 Å². The molecule has 1 saturated heterocycles. The number of benzene rings is 3. The molecule has 6 heteroatoms. The van der Waals surface area contributed by atoms with Gasteiger partial charge in [-0.1, -0.05) is 54.5 Å². The molecule has 1 fully saturated rings. The van der Waals surface area contributed by atoms with Crippen molar-refractivity contribution in [3.8, 4) is 18.1 Å². The Morgan fingerprint density at radius 1 is 1.07 bits per heavy atom. The van der Waals surface area contributed by atoms with Crippen LogP contribution >= 0.6 is 0 Å². The van der Waals surface area contributed by atoms with Crippen LogP contribution in [-0.4, -0.2) is 23.4 Å². The molecule has 1 aliphatic heterocycles. The number of carbonyl (C=O) groups is 2. The molecule has 0 spiro atoms. The van der Waals surface area contributed by atoms with Crippen molar-refractivity contribution in [3.63, 3.8) is 0 Å². The Kier molecular flexibility index (Phi) is 5.19. The lowest BCUT2D eigenvalue weighted by molar-refractivity contribution is -0.123. The van der Waals surface area contributed by atoms with Crippen molar-refractivity contribution in [1.82, 2.24) is 10.2 Å². The molecule has 148 valence electrons. The normalized spacial score (nSPS) is 14.8. The number of urea groups is 1. The summed E-state index contributed by atoms with van der Waals surface area (Å²) in [6, 6.07) is 16.7. The Labute approximate surface area is 172 Å². The summed E-state index contributed by atoms with van der Waals surface area (Å²) in [6.07, 6.45) is 6.87. The summed E-state index contributed by atoms with van der Waals surface area (Å²) in [4.78, 5) is 26.2. The quantitative estimate of drug-likeness (QED) is 0.399. The van der Waals surface area contributed by atoms with E-state index in [-0.39, 0.29) is 24.4 Å². The number of halogens is 1. The number of hydrogen-bond donors (Lipinski definition) is 1. The Bertz CT molecular complexity index is 1230. The summed E-state index contributed by atoms with van der Waals surface area (Å²) >= 11 is 0. The van der Waals surface area contributed by atoms with E-state index in [9.17, 15) is 14.0 Å². The van der Waals surface area contributed by atoms with Crippen LogP contribution in [0.4, 0.5) is 9.18 Å². The number of carbonyl (C=O) groups excluding carboxylic acids is 2. The van der Waals surface area contributed by atoms with E-state index in [1.165, 1.54) is 12.1 Å². The summed E-state index contributed by atoms with van der Waals surface area (Å²) in [7, 11) is 0. The third-order valence-corrected chi connectivity index (χ3v) is 4.78. The molecular weight excluding hydrogens is 383 g/mol. The van der Waals surface area contributed by atoms with Gasteiger partial charge in [0.15, 0.2) is 0 Å². The SMILES string of the molecule is C#CCOc1ccc2ccccc2c1/C=C1\NC(=O)N(Cc2ccccc2F)C1=O. The maximum Gasteiger partial charge on any atom is 0.329 e. The second-order valence-corrected chi connectivity index (χ2v) is 6.66. The van der Waals surface area contributed by atoms with Crippen LogP contribution in [0.1, 0.15) is 11.1 Å². The van der Waals surface area contributed by atoms with Gasteiger partial charge in [-0.2, -0.15) is 0 Å². The van der Waals surface area contributed by atoms with Crippen LogP contribution < -0.4 is 10.1 Å². The lowest BCUT2D eigenvalue weighted by Gasteiger charge is -2.12. The number of hydrogen-bond acceptors (Lipinski definition) is 3. The zero-order valence-corrected chi connectivity index (χ0v) is 15.9. The van der Waals surface area contributed by atoms with Crippen molar-refractivity contribution in [2.45, 2.75) is 6.54 Å². The van der Waals surface area contributed by atoms with Crippen molar-refractivity contribution in [2.75, 3.05) is 6.61 Å². The van der Waals surface area contributed by atoms with E-state index in [4.69, 9.17) is 11.2 Å². The van der Waals surface area contributed by atoms with Crippen LogP contribution in [0.2, 0.25) is 0 Å². The first-order valence-electron chi connectivity index (χ1n) is 9.24. The van der Waals surface area contributed by atoms with Crippen molar-refractivity contribution < 1.29 is 18.7 Å². The van der Waals surface area contributed by atoms with Gasteiger partial charge in [-0.15, -0.1) is 6.42 Å². The lowest BCUT2D eigenvalue weighted by atomic mass is 10.0. The average molecular weight is 400 g/mol. The van der Waals surface area contributed by atoms with Gasteiger partial charge < -0.3 is 10.1 Å². The van der Waals surface area contributed by atoms with E-state index in [0.29, 0.717) is 11.3 Å². The predicted octanol–water partition coefficient (Wildman–Crippen LogP) is 4.08. The number of ether oxygens (including phenoxy) is 1.